The van der Waals surface area contributed by atoms with E-state index in [2.05, 4.69) is 4.74 Å². The average Bonchev–Trinajstić information content (AvgIpc) is 2.91. The third-order valence-electron chi connectivity index (χ3n) is 6.06. The summed E-state index contributed by atoms with van der Waals surface area (Å²) in [5.41, 5.74) is 1.30. The van der Waals surface area contributed by atoms with E-state index in [1.807, 2.05) is 6.92 Å². The molecule has 0 spiro atoms. The first-order chi connectivity index (χ1) is 19.3. The number of ether oxygens (including phenoxy) is 1. The highest BCUT2D eigenvalue weighted by atomic mass is 19.4. The molecular weight excluding hydrogens is 636 g/mol. The maximum Gasteiger partial charge on any atom is 0.385 e. The molecule has 0 N–H and O–H groups in total. The van der Waals surface area contributed by atoms with E-state index < -0.39 is 66.0 Å². The molecule has 43 heavy (non-hydrogen) atoms. The molecule has 2 nitrogen and oxygen atoms in total. The number of carbonyl (C=O) groups is 1. The molecule has 2 aromatic carbocycles. The van der Waals surface area contributed by atoms with Crippen LogP contribution >= 0.6 is 0 Å². The fourth-order valence-corrected chi connectivity index (χ4v) is 3.45. The maximum atomic E-state index is 14.0. The Bertz CT molecular complexity index is 1260. The molecule has 0 radical (unpaired) electrons. The summed E-state index contributed by atoms with van der Waals surface area (Å²) < 4.78 is 218. The molecule has 0 amide bonds. The van der Waals surface area contributed by atoms with Gasteiger partial charge in [-0.05, 0) is 35.2 Å². The minimum Gasteiger partial charge on any atom is -0.455 e. The molecule has 0 unspecified atom stereocenters. The molecule has 0 atom stereocenters. The summed E-state index contributed by atoms with van der Waals surface area (Å²) in [7, 11) is 0. The number of benzene rings is 2. The molecule has 0 bridgehead atoms. The van der Waals surface area contributed by atoms with Crippen LogP contribution in [-0.2, 0) is 11.2 Å². The number of halogens is 16. The topological polar surface area (TPSA) is 26.3 Å². The predicted molar refractivity (Wildman–Crippen MR) is 117 cm³/mol. The van der Waals surface area contributed by atoms with Gasteiger partial charge in [0.25, 0.3) is 0 Å². The van der Waals surface area contributed by atoms with E-state index in [1.165, 1.54) is 12.1 Å². The Kier molecular flexibility index (Phi) is 9.80. The lowest BCUT2D eigenvalue weighted by Gasteiger charge is -2.42. The molecule has 0 saturated carbocycles. The average molecular weight is 654 g/mol. The first kappa shape index (κ1) is 36.0. The maximum absolute atomic E-state index is 14.0. The summed E-state index contributed by atoms with van der Waals surface area (Å²) in [4.78, 5) is 12.0. The van der Waals surface area contributed by atoms with Crippen molar-refractivity contribution in [2.75, 3.05) is 6.61 Å². The summed E-state index contributed by atoms with van der Waals surface area (Å²) in [5, 5.41) is 0. The molecule has 2 aromatic rings. The Morgan fingerprint density at radius 3 is 1.44 bits per heavy atom. The van der Waals surface area contributed by atoms with Crippen LogP contribution in [-0.4, -0.2) is 60.5 Å². The summed E-state index contributed by atoms with van der Waals surface area (Å²) in [6.45, 7) is -1.30. The zero-order valence-corrected chi connectivity index (χ0v) is 21.2. The molecule has 0 heterocycles. The molecule has 0 aliphatic rings. The van der Waals surface area contributed by atoms with Crippen LogP contribution in [0, 0.1) is 0 Å². The van der Waals surface area contributed by atoms with Crippen molar-refractivity contribution in [1.29, 1.82) is 0 Å². The van der Waals surface area contributed by atoms with Crippen LogP contribution in [0.4, 0.5) is 70.2 Å². The lowest BCUT2D eigenvalue weighted by Crippen LogP contribution is -2.74. The van der Waals surface area contributed by atoms with Crippen LogP contribution in [0.25, 0.3) is 11.1 Å². The van der Waals surface area contributed by atoms with Gasteiger partial charge in [-0.3, -0.25) is 0 Å². The Balaban J connectivity index is 2.27. The second kappa shape index (κ2) is 11.7. The van der Waals surface area contributed by atoms with E-state index in [0.717, 1.165) is 30.5 Å². The smallest absolute Gasteiger partial charge is 0.385 e. The molecule has 2 rings (SSSR count). The third kappa shape index (κ3) is 5.97. The number of hydrogen-bond donors (Lipinski definition) is 0. The highest BCUT2D eigenvalue weighted by Crippen LogP contribution is 2.62. The zero-order chi connectivity index (χ0) is 33.4. The van der Waals surface area contributed by atoms with Crippen LogP contribution in [0.15, 0.2) is 48.5 Å². The summed E-state index contributed by atoms with van der Waals surface area (Å²) in [5.74, 6) is -57.5. The minimum absolute atomic E-state index is 0.425. The molecule has 18 heteroatoms. The van der Waals surface area contributed by atoms with E-state index in [-0.39, 0.29) is 0 Å². The zero-order valence-electron chi connectivity index (χ0n) is 21.2. The van der Waals surface area contributed by atoms with Crippen LogP contribution in [0.3, 0.4) is 0 Å². The molecule has 0 aliphatic carbocycles. The Labute approximate surface area is 231 Å². The van der Waals surface area contributed by atoms with Gasteiger partial charge in [0.1, 0.15) is 0 Å². The Morgan fingerprint density at radius 2 is 1.02 bits per heavy atom. The normalized spacial score (nSPS) is 14.3. The van der Waals surface area contributed by atoms with Gasteiger partial charge < -0.3 is 4.74 Å². The lowest BCUT2D eigenvalue weighted by atomic mass is 9.89. The predicted octanol–water partition coefficient (Wildman–Crippen LogP) is 9.18. The molecule has 0 aromatic heterocycles. The summed E-state index contributed by atoms with van der Waals surface area (Å²) >= 11 is 0. The lowest BCUT2D eigenvalue weighted by molar-refractivity contribution is -0.447. The first-order valence-electron chi connectivity index (χ1n) is 11.6. The first-order valence-corrected chi connectivity index (χ1v) is 11.6. The van der Waals surface area contributed by atoms with Crippen molar-refractivity contribution >= 4 is 5.97 Å². The summed E-state index contributed by atoms with van der Waals surface area (Å²) in [6.07, 6.45) is -4.30. The number of alkyl halides is 16. The van der Waals surface area contributed by atoms with E-state index in [1.54, 1.807) is 24.3 Å². The van der Waals surface area contributed by atoms with Crippen molar-refractivity contribution in [2.45, 2.75) is 67.6 Å². The molecule has 0 saturated heterocycles. The van der Waals surface area contributed by atoms with Gasteiger partial charge in [0, 0.05) is 0 Å². The van der Waals surface area contributed by atoms with Crippen molar-refractivity contribution < 1.29 is 79.8 Å². The highest BCUT2D eigenvalue weighted by Gasteiger charge is 2.93. The third-order valence-corrected chi connectivity index (χ3v) is 6.06. The SMILES string of the molecule is CCCc1ccc(-c2ccc(C(=O)OCC(F)(F)C(F)(F)C(F)(F)C(F)(F)C(F)(F)C(F)(F)C(F)(F)C(F)F)cc2)cc1. The van der Waals surface area contributed by atoms with Gasteiger partial charge in [0.15, 0.2) is 6.61 Å². The quantitative estimate of drug-likeness (QED) is 0.159. The number of rotatable bonds is 13. The number of esters is 1. The number of carbonyl (C=O) groups excluding carboxylic acids is 1. The fourth-order valence-electron chi connectivity index (χ4n) is 3.45. The van der Waals surface area contributed by atoms with E-state index in [0.29, 0.717) is 11.1 Å². The van der Waals surface area contributed by atoms with Crippen molar-refractivity contribution in [2.24, 2.45) is 0 Å². The summed E-state index contributed by atoms with van der Waals surface area (Å²) in [6, 6.07) is 11.0. The van der Waals surface area contributed by atoms with Crippen molar-refractivity contribution in [3.63, 3.8) is 0 Å². The van der Waals surface area contributed by atoms with E-state index in [4.69, 9.17) is 0 Å². The van der Waals surface area contributed by atoms with Gasteiger partial charge in [-0.2, -0.15) is 61.5 Å². The van der Waals surface area contributed by atoms with Gasteiger partial charge in [-0.1, -0.05) is 49.7 Å². The minimum atomic E-state index is -8.51. The fraction of sp³-hybridized carbons (Fsp3) is 0.480. The Morgan fingerprint density at radius 1 is 0.628 bits per heavy atom. The second-order valence-corrected chi connectivity index (χ2v) is 9.10. The van der Waals surface area contributed by atoms with E-state index in [9.17, 15) is 75.0 Å². The largest absolute Gasteiger partial charge is 0.455 e. The Hall–Kier alpha value is -3.21. The van der Waals surface area contributed by atoms with Crippen LogP contribution < -0.4 is 0 Å². The van der Waals surface area contributed by atoms with Crippen LogP contribution in [0.1, 0.15) is 29.3 Å². The number of aryl methyl sites for hydroxylation is 1. The van der Waals surface area contributed by atoms with Crippen LogP contribution in [0.5, 0.6) is 0 Å². The molecule has 0 aliphatic heterocycles. The monoisotopic (exact) mass is 654 g/mol. The van der Waals surface area contributed by atoms with Gasteiger partial charge in [-0.15, -0.1) is 0 Å². The van der Waals surface area contributed by atoms with Crippen molar-refractivity contribution in [3.8, 4) is 11.1 Å². The molecule has 242 valence electrons. The van der Waals surface area contributed by atoms with Gasteiger partial charge in [-0.25, -0.2) is 13.6 Å². The van der Waals surface area contributed by atoms with Crippen molar-refractivity contribution in [3.05, 3.63) is 59.7 Å². The van der Waals surface area contributed by atoms with Crippen molar-refractivity contribution in [1.82, 2.24) is 0 Å². The standard InChI is InChI=1S/C25H18F16O2/c1-2-3-13-4-6-14(7-5-13)15-8-10-16(11-9-15)17(42)43-12-19(28,29)21(32,33)23(36,37)25(40,41)24(38,39)22(34,35)20(30,31)18(26)27/h4-11,18H,2-3,12H2,1H3. The van der Waals surface area contributed by atoms with E-state index >= 15 is 0 Å². The molecule has 0 fully saturated rings. The second-order valence-electron chi connectivity index (χ2n) is 9.10. The van der Waals surface area contributed by atoms with Gasteiger partial charge in [0.05, 0.1) is 5.56 Å². The highest BCUT2D eigenvalue weighted by molar-refractivity contribution is 5.90. The van der Waals surface area contributed by atoms with Gasteiger partial charge >= 0.3 is 53.9 Å². The number of hydrogen-bond acceptors (Lipinski definition) is 2. The molecular formula is C25H18F16O2. The van der Waals surface area contributed by atoms with Gasteiger partial charge in [0.2, 0.25) is 0 Å². The van der Waals surface area contributed by atoms with Crippen LogP contribution in [0.2, 0.25) is 0 Å².